The van der Waals surface area contributed by atoms with Crippen LogP contribution < -0.4 is 0 Å². The second-order valence-electron chi connectivity index (χ2n) is 8.27. The van der Waals surface area contributed by atoms with Gasteiger partial charge in [-0.25, -0.2) is 4.79 Å². The Bertz CT molecular complexity index is 534. The van der Waals surface area contributed by atoms with Gasteiger partial charge >= 0.3 is 5.97 Å². The molecule has 3 aliphatic rings. The maximum absolute atomic E-state index is 12.5. The van der Waals surface area contributed by atoms with E-state index in [0.29, 0.717) is 25.3 Å². The first-order chi connectivity index (χ1) is 11.9. The fourth-order valence-corrected chi connectivity index (χ4v) is 4.76. The van der Waals surface area contributed by atoms with Gasteiger partial charge in [0.15, 0.2) is 0 Å². The molecule has 2 amide bonds. The summed E-state index contributed by atoms with van der Waals surface area (Å²) in [4.78, 5) is 39.4. The maximum atomic E-state index is 12.5. The smallest absolute Gasteiger partial charge is 0.326 e. The van der Waals surface area contributed by atoms with Gasteiger partial charge in [-0.3, -0.25) is 9.59 Å². The van der Waals surface area contributed by atoms with Crippen LogP contribution in [0, 0.1) is 11.3 Å². The molecule has 3 rings (SSSR count). The molecule has 0 aromatic carbocycles. The summed E-state index contributed by atoms with van der Waals surface area (Å²) in [5, 5.41) is 9.24. The van der Waals surface area contributed by atoms with Crippen LogP contribution in [0.15, 0.2) is 0 Å². The van der Waals surface area contributed by atoms with Gasteiger partial charge in [-0.05, 0) is 50.4 Å². The predicted octanol–water partition coefficient (Wildman–Crippen LogP) is 2.27. The summed E-state index contributed by atoms with van der Waals surface area (Å²) in [5.74, 6) is -0.151. The van der Waals surface area contributed by atoms with E-state index in [9.17, 15) is 19.5 Å². The van der Waals surface area contributed by atoms with Gasteiger partial charge < -0.3 is 14.9 Å². The zero-order valence-corrected chi connectivity index (χ0v) is 15.2. The van der Waals surface area contributed by atoms with Gasteiger partial charge in [0, 0.05) is 32.5 Å². The normalized spacial score (nSPS) is 25.4. The molecule has 25 heavy (non-hydrogen) atoms. The van der Waals surface area contributed by atoms with Gasteiger partial charge in [0.25, 0.3) is 0 Å². The van der Waals surface area contributed by atoms with E-state index >= 15 is 0 Å². The average Bonchev–Trinajstić information content (AvgIpc) is 3.10. The molecule has 3 fully saturated rings. The molecule has 2 saturated heterocycles. The van der Waals surface area contributed by atoms with E-state index in [4.69, 9.17) is 0 Å². The topological polar surface area (TPSA) is 77.9 Å². The zero-order valence-electron chi connectivity index (χ0n) is 15.2. The van der Waals surface area contributed by atoms with Crippen molar-refractivity contribution in [1.29, 1.82) is 0 Å². The molecule has 1 aliphatic carbocycles. The van der Waals surface area contributed by atoms with E-state index in [1.165, 1.54) is 30.6 Å². The van der Waals surface area contributed by atoms with Crippen molar-refractivity contribution in [2.45, 2.75) is 70.8 Å². The third-order valence-electron chi connectivity index (χ3n) is 6.64. The highest BCUT2D eigenvalue weighted by atomic mass is 16.4. The van der Waals surface area contributed by atoms with Gasteiger partial charge in [0.2, 0.25) is 11.8 Å². The average molecular weight is 350 g/mol. The fourth-order valence-electron chi connectivity index (χ4n) is 4.76. The minimum absolute atomic E-state index is 0.0121. The molecule has 1 atom stereocenters. The lowest BCUT2D eigenvalue weighted by Crippen LogP contribution is -2.56. The van der Waals surface area contributed by atoms with Crippen LogP contribution in [0.3, 0.4) is 0 Å². The monoisotopic (exact) mass is 350 g/mol. The lowest BCUT2D eigenvalue weighted by molar-refractivity contribution is -0.155. The van der Waals surface area contributed by atoms with E-state index in [0.717, 1.165) is 32.4 Å². The molecule has 0 aromatic rings. The molecule has 1 spiro atoms. The number of carboxylic acid groups (broad SMARTS) is 1. The van der Waals surface area contributed by atoms with Crippen molar-refractivity contribution in [2.24, 2.45) is 11.3 Å². The minimum atomic E-state index is -0.949. The summed E-state index contributed by atoms with van der Waals surface area (Å²) in [6.45, 7) is 3.59. The van der Waals surface area contributed by atoms with E-state index < -0.39 is 12.0 Å². The van der Waals surface area contributed by atoms with Crippen molar-refractivity contribution in [2.75, 3.05) is 19.6 Å². The number of amides is 2. The first-order valence-electron chi connectivity index (χ1n) is 9.70. The minimum Gasteiger partial charge on any atom is -0.480 e. The van der Waals surface area contributed by atoms with Gasteiger partial charge in [0.05, 0.1) is 0 Å². The third-order valence-corrected chi connectivity index (χ3v) is 6.64. The molecule has 2 aliphatic heterocycles. The summed E-state index contributed by atoms with van der Waals surface area (Å²) in [7, 11) is 0. The first-order valence-corrected chi connectivity index (χ1v) is 9.70. The van der Waals surface area contributed by atoms with Gasteiger partial charge in [-0.15, -0.1) is 0 Å². The highest BCUT2D eigenvalue weighted by Gasteiger charge is 2.44. The van der Waals surface area contributed by atoms with Crippen molar-refractivity contribution in [3.63, 3.8) is 0 Å². The molecular weight excluding hydrogens is 320 g/mol. The molecule has 0 bridgehead atoms. The molecule has 6 nitrogen and oxygen atoms in total. The number of carbonyl (C=O) groups excluding carboxylic acids is 2. The van der Waals surface area contributed by atoms with Crippen molar-refractivity contribution >= 4 is 17.8 Å². The molecule has 0 unspecified atom stereocenters. The Kier molecular flexibility index (Phi) is 5.35. The van der Waals surface area contributed by atoms with E-state index in [1.807, 2.05) is 4.90 Å². The highest BCUT2D eigenvalue weighted by Crippen LogP contribution is 2.41. The van der Waals surface area contributed by atoms with Gasteiger partial charge in [0.1, 0.15) is 6.04 Å². The quantitative estimate of drug-likeness (QED) is 0.844. The summed E-state index contributed by atoms with van der Waals surface area (Å²) >= 11 is 0. The predicted molar refractivity (Wildman–Crippen MR) is 92.9 cm³/mol. The number of carbonyl (C=O) groups is 3. The Morgan fingerprint density at radius 3 is 2.44 bits per heavy atom. The van der Waals surface area contributed by atoms with Crippen LogP contribution in [0.5, 0.6) is 0 Å². The summed E-state index contributed by atoms with van der Waals surface area (Å²) in [6, 6.07) is -0.772. The number of hydrogen-bond donors (Lipinski definition) is 1. The molecule has 2 heterocycles. The summed E-state index contributed by atoms with van der Waals surface area (Å²) in [6.07, 6.45) is 8.57. The second kappa shape index (κ2) is 7.34. The molecule has 1 N–H and O–H groups in total. The van der Waals surface area contributed by atoms with Crippen LogP contribution >= 0.6 is 0 Å². The molecule has 140 valence electrons. The molecule has 0 aromatic heterocycles. The third kappa shape index (κ3) is 3.98. The number of rotatable bonds is 4. The zero-order chi connectivity index (χ0) is 18.0. The van der Waals surface area contributed by atoms with Crippen LogP contribution in [-0.2, 0) is 14.4 Å². The van der Waals surface area contributed by atoms with Crippen molar-refractivity contribution in [1.82, 2.24) is 9.80 Å². The first kappa shape index (κ1) is 18.2. The largest absolute Gasteiger partial charge is 0.480 e. The van der Waals surface area contributed by atoms with Crippen LogP contribution in [0.1, 0.15) is 64.7 Å². The Balaban J connectivity index is 1.55. The second-order valence-corrected chi connectivity index (χ2v) is 8.27. The molecule has 0 radical (unpaired) electrons. The number of nitrogens with zero attached hydrogens (tertiary/aromatic N) is 2. The van der Waals surface area contributed by atoms with Crippen LogP contribution in [-0.4, -0.2) is 58.4 Å². The number of piperidine rings is 2. The number of hydrogen-bond acceptors (Lipinski definition) is 3. The van der Waals surface area contributed by atoms with Crippen molar-refractivity contribution in [3.8, 4) is 0 Å². The Morgan fingerprint density at radius 1 is 1.20 bits per heavy atom. The van der Waals surface area contributed by atoms with Crippen LogP contribution in [0.25, 0.3) is 0 Å². The van der Waals surface area contributed by atoms with Crippen molar-refractivity contribution < 1.29 is 19.5 Å². The maximum Gasteiger partial charge on any atom is 0.326 e. The number of aliphatic carboxylic acids is 1. The Hall–Kier alpha value is -1.59. The standard InChI is InChI=1S/C19H30N2O4/c1-14(18(24)25)21-13-19(7-6-16(21)22)8-10-20(11-9-19)17(23)12-15-4-2-3-5-15/h14-15H,2-13H2,1H3,(H,24,25)/t14-/m0/s1. The fraction of sp³-hybridized carbons (Fsp3) is 0.842. The molecular formula is C19H30N2O4. The summed E-state index contributed by atoms with van der Waals surface area (Å²) in [5.41, 5.74) is -0.0121. The van der Waals surface area contributed by atoms with Crippen LogP contribution in [0.4, 0.5) is 0 Å². The van der Waals surface area contributed by atoms with E-state index in [1.54, 1.807) is 6.92 Å². The number of carboxylic acids is 1. The van der Waals surface area contributed by atoms with E-state index in [2.05, 4.69) is 0 Å². The lowest BCUT2D eigenvalue weighted by atomic mass is 9.72. The van der Waals surface area contributed by atoms with Crippen molar-refractivity contribution in [3.05, 3.63) is 0 Å². The van der Waals surface area contributed by atoms with Gasteiger partial charge in [-0.1, -0.05) is 12.8 Å². The number of likely N-dealkylation sites (tertiary alicyclic amines) is 2. The van der Waals surface area contributed by atoms with E-state index in [-0.39, 0.29) is 17.2 Å². The molecule has 1 saturated carbocycles. The molecule has 6 heteroatoms. The van der Waals surface area contributed by atoms with Gasteiger partial charge in [-0.2, -0.15) is 0 Å². The van der Waals surface area contributed by atoms with Crippen LogP contribution in [0.2, 0.25) is 0 Å². The Morgan fingerprint density at radius 2 is 1.84 bits per heavy atom. The Labute approximate surface area is 149 Å². The lowest BCUT2D eigenvalue weighted by Gasteiger charge is -2.48. The SMILES string of the molecule is C[C@@H](C(=O)O)N1CC2(CCC1=O)CCN(C(=O)CC1CCCC1)CC2. The summed E-state index contributed by atoms with van der Waals surface area (Å²) < 4.78 is 0. The highest BCUT2D eigenvalue weighted by molar-refractivity contribution is 5.84.